The molecule has 1 N–H and O–H groups in total. The van der Waals surface area contributed by atoms with Crippen molar-refractivity contribution in [3.8, 4) is 0 Å². The smallest absolute Gasteiger partial charge is 0.322 e. The van der Waals surface area contributed by atoms with Gasteiger partial charge in [0.25, 0.3) is 11.5 Å². The second-order valence-electron chi connectivity index (χ2n) is 5.66. The molecule has 0 fully saturated rings. The minimum atomic E-state index is -0.494. The van der Waals surface area contributed by atoms with Crippen LogP contribution in [0.15, 0.2) is 39.9 Å². The minimum absolute atomic E-state index is 0.205. The van der Waals surface area contributed by atoms with Crippen LogP contribution < -0.4 is 16.6 Å². The number of fused-ring (bicyclic) bond motifs is 1. The van der Waals surface area contributed by atoms with Gasteiger partial charge >= 0.3 is 5.69 Å². The van der Waals surface area contributed by atoms with E-state index in [-0.39, 0.29) is 16.6 Å². The molecule has 2 aromatic heterocycles. The van der Waals surface area contributed by atoms with Crippen LogP contribution in [-0.4, -0.2) is 20.0 Å². The van der Waals surface area contributed by atoms with E-state index in [4.69, 9.17) is 11.6 Å². The molecule has 0 aliphatic heterocycles. The predicted molar refractivity (Wildman–Crippen MR) is 96.4 cm³/mol. The number of aryl methyl sites for hydroxylation is 2. The molecule has 1 amide bonds. The highest BCUT2D eigenvalue weighted by molar-refractivity contribution is 6.30. The van der Waals surface area contributed by atoms with Gasteiger partial charge in [0.15, 0.2) is 0 Å². The fourth-order valence-electron chi connectivity index (χ4n) is 2.55. The van der Waals surface area contributed by atoms with Crippen molar-refractivity contribution in [1.29, 1.82) is 0 Å². The van der Waals surface area contributed by atoms with Gasteiger partial charge in [-0.2, -0.15) is 0 Å². The van der Waals surface area contributed by atoms with Gasteiger partial charge in [0, 0.05) is 24.8 Å². The standard InChI is InChI=1S/C17H15ClN4O3/c1-9-12(15(23)20-11-6-4-10(18)5-7-11)8-13-14(19-9)21(2)17(25)22(3)16(13)24/h4-8H,1-3H3,(H,20,23). The fraction of sp³-hybridized carbons (Fsp3) is 0.176. The van der Waals surface area contributed by atoms with Crippen molar-refractivity contribution in [2.24, 2.45) is 14.1 Å². The van der Waals surface area contributed by atoms with Crippen LogP contribution in [0.5, 0.6) is 0 Å². The normalized spacial score (nSPS) is 10.9. The van der Waals surface area contributed by atoms with Crippen LogP contribution in [0.2, 0.25) is 5.02 Å². The van der Waals surface area contributed by atoms with Gasteiger partial charge in [-0.25, -0.2) is 9.78 Å². The molecule has 2 heterocycles. The van der Waals surface area contributed by atoms with Crippen LogP contribution in [0, 0.1) is 6.92 Å². The molecule has 1 aromatic carbocycles. The Morgan fingerprint density at radius 3 is 2.40 bits per heavy atom. The second kappa shape index (κ2) is 6.18. The van der Waals surface area contributed by atoms with E-state index in [9.17, 15) is 14.4 Å². The maximum atomic E-state index is 12.6. The van der Waals surface area contributed by atoms with Crippen LogP contribution in [0.4, 0.5) is 5.69 Å². The van der Waals surface area contributed by atoms with Crippen LogP contribution in [0.3, 0.4) is 0 Å². The largest absolute Gasteiger partial charge is 0.332 e. The van der Waals surface area contributed by atoms with E-state index in [0.717, 1.165) is 4.57 Å². The summed E-state index contributed by atoms with van der Waals surface area (Å²) in [7, 11) is 2.92. The highest BCUT2D eigenvalue weighted by Gasteiger charge is 2.16. The maximum Gasteiger partial charge on any atom is 0.332 e. The predicted octanol–water partition coefficient (Wildman–Crippen LogP) is 1.85. The second-order valence-corrected chi connectivity index (χ2v) is 6.10. The summed E-state index contributed by atoms with van der Waals surface area (Å²) in [6.07, 6.45) is 0. The number of carbonyl (C=O) groups excluding carboxylic acids is 1. The number of anilines is 1. The molecule has 0 aliphatic carbocycles. The lowest BCUT2D eigenvalue weighted by Crippen LogP contribution is -2.37. The van der Waals surface area contributed by atoms with E-state index in [1.165, 1.54) is 24.7 Å². The third kappa shape index (κ3) is 2.94. The van der Waals surface area contributed by atoms with Gasteiger partial charge in [-0.1, -0.05) is 11.6 Å². The number of hydrogen-bond acceptors (Lipinski definition) is 4. The molecule has 0 aliphatic rings. The highest BCUT2D eigenvalue weighted by atomic mass is 35.5. The van der Waals surface area contributed by atoms with E-state index in [1.54, 1.807) is 31.2 Å². The number of halogens is 1. The molecule has 0 unspecified atom stereocenters. The fourth-order valence-corrected chi connectivity index (χ4v) is 2.68. The summed E-state index contributed by atoms with van der Waals surface area (Å²) >= 11 is 5.83. The third-order valence-corrected chi connectivity index (χ3v) is 4.22. The zero-order chi connectivity index (χ0) is 18.3. The Morgan fingerprint density at radius 2 is 1.76 bits per heavy atom. The number of nitrogens with zero attached hydrogens (tertiary/aromatic N) is 3. The molecule has 0 saturated heterocycles. The summed E-state index contributed by atoms with van der Waals surface area (Å²) in [6.45, 7) is 1.65. The van der Waals surface area contributed by atoms with E-state index in [2.05, 4.69) is 10.3 Å². The molecule has 0 saturated carbocycles. The number of amides is 1. The molecule has 25 heavy (non-hydrogen) atoms. The number of carbonyl (C=O) groups is 1. The quantitative estimate of drug-likeness (QED) is 0.757. The molecule has 3 aromatic rings. The molecule has 0 bridgehead atoms. The van der Waals surface area contributed by atoms with Crippen molar-refractivity contribution in [1.82, 2.24) is 14.1 Å². The SMILES string of the molecule is Cc1nc2c(cc1C(=O)Nc1ccc(Cl)cc1)c(=O)n(C)c(=O)n2C. The lowest BCUT2D eigenvalue weighted by molar-refractivity contribution is 0.102. The van der Waals surface area contributed by atoms with E-state index >= 15 is 0 Å². The van der Waals surface area contributed by atoms with Gasteiger partial charge in [-0.3, -0.25) is 18.7 Å². The van der Waals surface area contributed by atoms with Crippen molar-refractivity contribution >= 4 is 34.2 Å². The molecular weight excluding hydrogens is 344 g/mol. The van der Waals surface area contributed by atoms with Crippen molar-refractivity contribution < 1.29 is 4.79 Å². The molecule has 0 atom stereocenters. The Morgan fingerprint density at radius 1 is 1.12 bits per heavy atom. The van der Waals surface area contributed by atoms with Crippen molar-refractivity contribution in [2.75, 3.05) is 5.32 Å². The first kappa shape index (κ1) is 16.9. The molecule has 0 spiro atoms. The first-order chi connectivity index (χ1) is 11.8. The summed E-state index contributed by atoms with van der Waals surface area (Å²) in [5, 5.41) is 3.50. The monoisotopic (exact) mass is 358 g/mol. The van der Waals surface area contributed by atoms with Crippen LogP contribution in [0.1, 0.15) is 16.1 Å². The number of aromatic nitrogens is 3. The van der Waals surface area contributed by atoms with E-state index in [0.29, 0.717) is 16.4 Å². The zero-order valence-electron chi connectivity index (χ0n) is 13.8. The van der Waals surface area contributed by atoms with Crippen LogP contribution in [0.25, 0.3) is 11.0 Å². The summed E-state index contributed by atoms with van der Waals surface area (Å²) in [5.74, 6) is -0.398. The van der Waals surface area contributed by atoms with Gasteiger partial charge < -0.3 is 5.32 Å². The number of hydrogen-bond donors (Lipinski definition) is 1. The first-order valence-electron chi connectivity index (χ1n) is 7.44. The molecule has 7 nitrogen and oxygen atoms in total. The van der Waals surface area contributed by atoms with Crippen molar-refractivity contribution in [2.45, 2.75) is 6.92 Å². The summed E-state index contributed by atoms with van der Waals surface area (Å²) in [6, 6.07) is 8.13. The Balaban J connectivity index is 2.12. The molecule has 3 rings (SSSR count). The highest BCUT2D eigenvalue weighted by Crippen LogP contribution is 2.17. The summed E-state index contributed by atoms with van der Waals surface area (Å²) in [4.78, 5) is 41.2. The Hall–Kier alpha value is -2.93. The van der Waals surface area contributed by atoms with Gasteiger partial charge in [0.1, 0.15) is 5.65 Å². The van der Waals surface area contributed by atoms with Crippen LogP contribution in [-0.2, 0) is 14.1 Å². The maximum absolute atomic E-state index is 12.6. The lowest BCUT2D eigenvalue weighted by Gasteiger charge is -2.11. The van der Waals surface area contributed by atoms with Gasteiger partial charge in [-0.05, 0) is 37.3 Å². The molecule has 0 radical (unpaired) electrons. The molecule has 8 heteroatoms. The van der Waals surface area contributed by atoms with E-state index in [1.807, 2.05) is 0 Å². The van der Waals surface area contributed by atoms with Gasteiger partial charge in [0.2, 0.25) is 0 Å². The van der Waals surface area contributed by atoms with E-state index < -0.39 is 17.2 Å². The number of benzene rings is 1. The number of nitrogens with one attached hydrogen (secondary N) is 1. The third-order valence-electron chi connectivity index (χ3n) is 3.97. The number of rotatable bonds is 2. The topological polar surface area (TPSA) is 86.0 Å². The van der Waals surface area contributed by atoms with Gasteiger partial charge in [-0.15, -0.1) is 0 Å². The average molecular weight is 359 g/mol. The van der Waals surface area contributed by atoms with Crippen LogP contribution >= 0.6 is 11.6 Å². The minimum Gasteiger partial charge on any atom is -0.322 e. The Kier molecular flexibility index (Phi) is 4.18. The zero-order valence-corrected chi connectivity index (χ0v) is 14.6. The average Bonchev–Trinajstić information content (AvgIpc) is 2.59. The molecular formula is C17H15ClN4O3. The summed E-state index contributed by atoms with van der Waals surface area (Å²) in [5.41, 5.74) is 0.533. The Labute approximate surface area is 147 Å². The van der Waals surface area contributed by atoms with Crippen molar-refractivity contribution in [3.63, 3.8) is 0 Å². The lowest BCUT2D eigenvalue weighted by atomic mass is 10.1. The molecule has 128 valence electrons. The van der Waals surface area contributed by atoms with Gasteiger partial charge in [0.05, 0.1) is 16.6 Å². The Bertz CT molecular complexity index is 1110. The summed E-state index contributed by atoms with van der Waals surface area (Å²) < 4.78 is 2.27. The first-order valence-corrected chi connectivity index (χ1v) is 7.81. The number of pyridine rings is 1. The van der Waals surface area contributed by atoms with Crippen molar-refractivity contribution in [3.05, 3.63) is 67.4 Å².